The first-order chi connectivity index (χ1) is 6.62. The van der Waals surface area contributed by atoms with E-state index in [4.69, 9.17) is 5.73 Å². The highest BCUT2D eigenvalue weighted by atomic mass is 32.2. The van der Waals surface area contributed by atoms with Crippen LogP contribution >= 0.6 is 7.14 Å². The lowest BCUT2D eigenvalue weighted by Gasteiger charge is -2.11. The normalized spacial score (nSPS) is 12.7. The molecule has 0 amide bonds. The van der Waals surface area contributed by atoms with E-state index in [2.05, 4.69) is 0 Å². The van der Waals surface area contributed by atoms with Crippen LogP contribution in [0.5, 0.6) is 0 Å². The Morgan fingerprint density at radius 3 is 2.20 bits per heavy atom. The highest BCUT2D eigenvalue weighted by Crippen LogP contribution is 2.37. The molecule has 0 atom stereocenters. The molecular formula is C9H14NO3PS. The Hall–Kier alpha value is -0.800. The minimum absolute atomic E-state index is 0.149. The lowest BCUT2D eigenvalue weighted by atomic mass is 10.3. The van der Waals surface area contributed by atoms with Crippen LogP contribution in [-0.2, 0) is 14.4 Å². The second-order valence-corrected chi connectivity index (χ2v) is 9.04. The zero-order chi connectivity index (χ0) is 11.9. The van der Waals surface area contributed by atoms with Gasteiger partial charge in [-0.15, -0.1) is 0 Å². The van der Waals surface area contributed by atoms with Crippen LogP contribution in [0.4, 0.5) is 5.69 Å². The monoisotopic (exact) mass is 247 g/mol. The molecule has 84 valence electrons. The fraction of sp³-hybridized carbons (Fsp3) is 0.333. The molecule has 6 heteroatoms. The van der Waals surface area contributed by atoms with Crippen molar-refractivity contribution in [1.29, 1.82) is 0 Å². The van der Waals surface area contributed by atoms with Crippen LogP contribution in [0.3, 0.4) is 0 Å². The van der Waals surface area contributed by atoms with Gasteiger partial charge >= 0.3 is 0 Å². The van der Waals surface area contributed by atoms with E-state index in [1.807, 2.05) is 0 Å². The third-order valence-corrected chi connectivity index (χ3v) is 4.67. The molecule has 0 radical (unpaired) electrons. The second-order valence-electron chi connectivity index (χ2n) is 3.84. The summed E-state index contributed by atoms with van der Waals surface area (Å²) >= 11 is 0. The first kappa shape index (κ1) is 12.3. The van der Waals surface area contributed by atoms with E-state index in [1.165, 1.54) is 18.2 Å². The molecule has 2 N–H and O–H groups in total. The minimum atomic E-state index is -3.28. The van der Waals surface area contributed by atoms with Crippen LogP contribution in [0, 0.1) is 0 Å². The fourth-order valence-corrected chi connectivity index (χ4v) is 3.10. The van der Waals surface area contributed by atoms with Crippen LogP contribution in [0.15, 0.2) is 23.1 Å². The quantitative estimate of drug-likeness (QED) is 0.622. The standard InChI is InChI=1S/C9H14NO3PS/c1-14(2,11)9-6-7(15(3,12)13)4-5-8(9)10/h4-6H,10H2,1-3H3. The molecule has 0 spiro atoms. The zero-order valence-corrected chi connectivity index (χ0v) is 10.6. The molecule has 0 saturated carbocycles. The molecule has 0 unspecified atom stereocenters. The van der Waals surface area contributed by atoms with E-state index in [0.717, 1.165) is 6.26 Å². The highest BCUT2D eigenvalue weighted by Gasteiger charge is 2.17. The second kappa shape index (κ2) is 3.65. The van der Waals surface area contributed by atoms with E-state index >= 15 is 0 Å². The van der Waals surface area contributed by atoms with E-state index in [-0.39, 0.29) is 4.90 Å². The molecule has 0 bridgehead atoms. The van der Waals surface area contributed by atoms with Crippen molar-refractivity contribution in [2.24, 2.45) is 0 Å². The van der Waals surface area contributed by atoms with Gasteiger partial charge in [0.1, 0.15) is 7.14 Å². The van der Waals surface area contributed by atoms with Crippen LogP contribution in [0.2, 0.25) is 0 Å². The maximum Gasteiger partial charge on any atom is 0.175 e. The molecule has 15 heavy (non-hydrogen) atoms. The summed E-state index contributed by atoms with van der Waals surface area (Å²) in [5.74, 6) is 0. The Balaban J connectivity index is 3.50. The molecule has 0 heterocycles. The van der Waals surface area contributed by atoms with E-state index < -0.39 is 17.0 Å². The van der Waals surface area contributed by atoms with Gasteiger partial charge < -0.3 is 10.3 Å². The number of hydrogen-bond donors (Lipinski definition) is 1. The number of benzene rings is 1. The Kier molecular flexibility index (Phi) is 2.99. The predicted octanol–water partition coefficient (Wildman–Crippen LogP) is 0.920. The van der Waals surface area contributed by atoms with Gasteiger partial charge in [0.25, 0.3) is 0 Å². The molecule has 0 fully saturated rings. The summed E-state index contributed by atoms with van der Waals surface area (Å²) in [6.07, 6.45) is 1.11. The van der Waals surface area contributed by atoms with Crippen LogP contribution < -0.4 is 11.0 Å². The summed E-state index contributed by atoms with van der Waals surface area (Å²) in [7, 11) is -5.82. The maximum absolute atomic E-state index is 11.8. The van der Waals surface area contributed by atoms with Crippen molar-refractivity contribution in [1.82, 2.24) is 0 Å². The lowest BCUT2D eigenvalue weighted by molar-refractivity contribution is 0.588. The molecule has 1 aromatic rings. The highest BCUT2D eigenvalue weighted by molar-refractivity contribution is 7.90. The topological polar surface area (TPSA) is 77.2 Å². The van der Waals surface area contributed by atoms with Gasteiger partial charge in [-0.3, -0.25) is 0 Å². The van der Waals surface area contributed by atoms with Crippen molar-refractivity contribution in [2.45, 2.75) is 4.90 Å². The molecular weight excluding hydrogens is 233 g/mol. The fourth-order valence-electron chi connectivity index (χ4n) is 1.22. The molecule has 1 rings (SSSR count). The first-order valence-electron chi connectivity index (χ1n) is 4.27. The predicted molar refractivity (Wildman–Crippen MR) is 63.1 cm³/mol. The summed E-state index contributed by atoms with van der Waals surface area (Å²) in [5.41, 5.74) is 6.02. The minimum Gasteiger partial charge on any atom is -0.398 e. The molecule has 0 aromatic heterocycles. The SMILES string of the molecule is CP(C)(=O)c1cc(S(C)(=O)=O)ccc1N. The smallest absolute Gasteiger partial charge is 0.175 e. The van der Waals surface area contributed by atoms with Crippen molar-refractivity contribution >= 4 is 28.0 Å². The number of nitrogens with two attached hydrogens (primary N) is 1. The lowest BCUT2D eigenvalue weighted by Crippen LogP contribution is -2.12. The average molecular weight is 247 g/mol. The van der Waals surface area contributed by atoms with Crippen molar-refractivity contribution < 1.29 is 13.0 Å². The summed E-state index contributed by atoms with van der Waals surface area (Å²) in [5, 5.41) is 0.422. The Bertz CT molecular complexity index is 530. The zero-order valence-electron chi connectivity index (χ0n) is 8.89. The van der Waals surface area contributed by atoms with E-state index in [1.54, 1.807) is 13.3 Å². The van der Waals surface area contributed by atoms with Gasteiger partial charge in [0.15, 0.2) is 9.84 Å². The average Bonchev–Trinajstić information content (AvgIpc) is 2.00. The van der Waals surface area contributed by atoms with Gasteiger partial charge in [0, 0.05) is 17.2 Å². The van der Waals surface area contributed by atoms with Crippen molar-refractivity contribution in [3.8, 4) is 0 Å². The molecule has 1 aromatic carbocycles. The number of hydrogen-bond acceptors (Lipinski definition) is 4. The molecule has 0 aliphatic carbocycles. The number of rotatable bonds is 2. The molecule has 0 aliphatic heterocycles. The van der Waals surface area contributed by atoms with Crippen LogP contribution in [-0.4, -0.2) is 28.0 Å². The Labute approximate surface area is 89.8 Å². The third-order valence-electron chi connectivity index (χ3n) is 2.01. The summed E-state index contributed by atoms with van der Waals surface area (Å²) in [6, 6.07) is 4.29. The molecule has 0 aliphatic rings. The largest absolute Gasteiger partial charge is 0.398 e. The van der Waals surface area contributed by atoms with Gasteiger partial charge in [-0.2, -0.15) is 0 Å². The van der Waals surface area contributed by atoms with Crippen LogP contribution in [0.1, 0.15) is 0 Å². The van der Waals surface area contributed by atoms with Gasteiger partial charge in [0.2, 0.25) is 0 Å². The van der Waals surface area contributed by atoms with E-state index in [9.17, 15) is 13.0 Å². The van der Waals surface area contributed by atoms with Crippen molar-refractivity contribution in [3.05, 3.63) is 18.2 Å². The Morgan fingerprint density at radius 1 is 1.27 bits per heavy atom. The van der Waals surface area contributed by atoms with Crippen molar-refractivity contribution in [3.63, 3.8) is 0 Å². The number of anilines is 1. The molecule has 0 saturated heterocycles. The van der Waals surface area contributed by atoms with Crippen LogP contribution in [0.25, 0.3) is 0 Å². The maximum atomic E-state index is 11.8. The van der Waals surface area contributed by atoms with Gasteiger partial charge in [-0.25, -0.2) is 8.42 Å². The van der Waals surface area contributed by atoms with Gasteiger partial charge in [-0.1, -0.05) is 0 Å². The summed E-state index contributed by atoms with van der Waals surface area (Å²) in [6.45, 7) is 3.12. The van der Waals surface area contributed by atoms with E-state index in [0.29, 0.717) is 11.0 Å². The van der Waals surface area contributed by atoms with Crippen molar-refractivity contribution in [2.75, 3.05) is 25.3 Å². The Morgan fingerprint density at radius 2 is 1.80 bits per heavy atom. The molecule has 4 nitrogen and oxygen atoms in total. The van der Waals surface area contributed by atoms with Gasteiger partial charge in [-0.05, 0) is 31.5 Å². The number of nitrogen functional groups attached to an aromatic ring is 1. The number of sulfone groups is 1. The summed E-state index contributed by atoms with van der Waals surface area (Å²) < 4.78 is 34.4. The van der Waals surface area contributed by atoms with Gasteiger partial charge in [0.05, 0.1) is 4.90 Å². The third kappa shape index (κ3) is 2.83. The summed E-state index contributed by atoms with van der Waals surface area (Å²) in [4.78, 5) is 0.149. The first-order valence-corrected chi connectivity index (χ1v) is 8.77.